The number of carbonyl (C=O) groups is 1. The molecular weight excluding hydrogens is 236 g/mol. The minimum atomic E-state index is -0.595. The molecule has 96 valence electrons. The van der Waals surface area contributed by atoms with Crippen molar-refractivity contribution in [1.82, 2.24) is 5.32 Å². The van der Waals surface area contributed by atoms with Crippen LogP contribution >= 0.6 is 0 Å². The first-order valence-electron chi connectivity index (χ1n) is 5.27. The van der Waals surface area contributed by atoms with Crippen LogP contribution < -0.4 is 5.32 Å². The van der Waals surface area contributed by atoms with E-state index >= 15 is 0 Å². The molecule has 0 atom stereocenters. The number of hydrogen-bond donors (Lipinski definition) is 1. The van der Waals surface area contributed by atoms with Gasteiger partial charge in [-0.2, -0.15) is 0 Å². The highest BCUT2D eigenvalue weighted by Crippen LogP contribution is 2.19. The number of nitro benzene ring substituents is 1. The number of likely N-dealkylation sites (N-methyl/N-ethyl adjacent to an activating group) is 1. The molecule has 0 aliphatic heterocycles. The van der Waals surface area contributed by atoms with Crippen molar-refractivity contribution in [2.24, 2.45) is 0 Å². The van der Waals surface area contributed by atoms with Crippen LogP contribution in [0.3, 0.4) is 0 Å². The molecular formula is C12H14N2O4. The SMILES string of the molecule is CNCC=Cc1cc(C(=O)OC)cc([N+](=O)[O-])c1. The van der Waals surface area contributed by atoms with Crippen LogP contribution in [0.15, 0.2) is 24.3 Å². The van der Waals surface area contributed by atoms with Gasteiger partial charge in [0.05, 0.1) is 17.6 Å². The first kappa shape index (κ1) is 13.9. The smallest absolute Gasteiger partial charge is 0.338 e. The molecule has 1 aromatic carbocycles. The summed E-state index contributed by atoms with van der Waals surface area (Å²) in [5.74, 6) is -0.595. The van der Waals surface area contributed by atoms with E-state index in [1.54, 1.807) is 25.3 Å². The summed E-state index contributed by atoms with van der Waals surface area (Å²) in [6.45, 7) is 0.635. The number of ether oxygens (including phenoxy) is 1. The van der Waals surface area contributed by atoms with Crippen LogP contribution in [-0.4, -0.2) is 31.6 Å². The van der Waals surface area contributed by atoms with Gasteiger partial charge >= 0.3 is 5.97 Å². The van der Waals surface area contributed by atoms with E-state index in [0.717, 1.165) is 0 Å². The fraction of sp³-hybridized carbons (Fsp3) is 0.250. The molecule has 0 radical (unpaired) electrons. The minimum Gasteiger partial charge on any atom is -0.465 e. The van der Waals surface area contributed by atoms with E-state index in [2.05, 4.69) is 10.1 Å². The summed E-state index contributed by atoms with van der Waals surface area (Å²) in [4.78, 5) is 21.6. The molecule has 6 heteroatoms. The lowest BCUT2D eigenvalue weighted by atomic mass is 10.1. The number of non-ortho nitro benzene ring substituents is 1. The van der Waals surface area contributed by atoms with Gasteiger partial charge in [0.2, 0.25) is 0 Å². The average molecular weight is 250 g/mol. The van der Waals surface area contributed by atoms with Crippen LogP contribution in [0.5, 0.6) is 0 Å². The highest BCUT2D eigenvalue weighted by atomic mass is 16.6. The zero-order valence-electron chi connectivity index (χ0n) is 10.2. The van der Waals surface area contributed by atoms with Crippen molar-refractivity contribution < 1.29 is 14.5 Å². The van der Waals surface area contributed by atoms with Crippen molar-refractivity contribution in [1.29, 1.82) is 0 Å². The van der Waals surface area contributed by atoms with Crippen molar-refractivity contribution in [3.8, 4) is 0 Å². The summed E-state index contributed by atoms with van der Waals surface area (Å²) in [5, 5.41) is 13.7. The van der Waals surface area contributed by atoms with Crippen molar-refractivity contribution in [2.45, 2.75) is 0 Å². The van der Waals surface area contributed by atoms with Gasteiger partial charge in [-0.25, -0.2) is 4.79 Å². The maximum atomic E-state index is 11.4. The highest BCUT2D eigenvalue weighted by molar-refractivity contribution is 5.91. The third kappa shape index (κ3) is 3.67. The van der Waals surface area contributed by atoms with Crippen LogP contribution in [0.1, 0.15) is 15.9 Å². The maximum Gasteiger partial charge on any atom is 0.338 e. The second-order valence-electron chi connectivity index (χ2n) is 3.52. The molecule has 0 bridgehead atoms. The summed E-state index contributed by atoms with van der Waals surface area (Å²) in [6.07, 6.45) is 3.51. The average Bonchev–Trinajstić information content (AvgIpc) is 2.37. The predicted molar refractivity (Wildman–Crippen MR) is 67.4 cm³/mol. The Morgan fingerprint density at radius 1 is 1.50 bits per heavy atom. The maximum absolute atomic E-state index is 11.4. The number of benzene rings is 1. The molecule has 0 heterocycles. The molecule has 0 aromatic heterocycles. The van der Waals surface area contributed by atoms with Crippen molar-refractivity contribution >= 4 is 17.7 Å². The number of nitrogens with zero attached hydrogens (tertiary/aromatic N) is 1. The van der Waals surface area contributed by atoms with Gasteiger partial charge in [-0.3, -0.25) is 10.1 Å². The monoisotopic (exact) mass is 250 g/mol. The lowest BCUT2D eigenvalue weighted by Gasteiger charge is -2.01. The van der Waals surface area contributed by atoms with Gasteiger partial charge in [0, 0.05) is 18.7 Å². The summed E-state index contributed by atoms with van der Waals surface area (Å²) in [5.41, 5.74) is 0.609. The molecule has 0 fully saturated rings. The molecule has 0 unspecified atom stereocenters. The number of nitrogens with one attached hydrogen (secondary N) is 1. The van der Waals surface area contributed by atoms with Crippen LogP contribution in [-0.2, 0) is 4.74 Å². The molecule has 0 aliphatic carbocycles. The Morgan fingerprint density at radius 3 is 2.78 bits per heavy atom. The van der Waals surface area contributed by atoms with Gasteiger partial charge < -0.3 is 10.1 Å². The topological polar surface area (TPSA) is 81.5 Å². The summed E-state index contributed by atoms with van der Waals surface area (Å²) in [6, 6.07) is 4.14. The van der Waals surface area contributed by atoms with Gasteiger partial charge in [0.25, 0.3) is 5.69 Å². The van der Waals surface area contributed by atoms with E-state index < -0.39 is 10.9 Å². The summed E-state index contributed by atoms with van der Waals surface area (Å²) >= 11 is 0. The van der Waals surface area contributed by atoms with E-state index in [9.17, 15) is 14.9 Å². The van der Waals surface area contributed by atoms with E-state index in [4.69, 9.17) is 0 Å². The molecule has 1 N–H and O–H groups in total. The lowest BCUT2D eigenvalue weighted by Crippen LogP contribution is -2.04. The molecule has 0 aliphatic rings. The highest BCUT2D eigenvalue weighted by Gasteiger charge is 2.13. The number of esters is 1. The van der Waals surface area contributed by atoms with Crippen LogP contribution in [0.2, 0.25) is 0 Å². The summed E-state index contributed by atoms with van der Waals surface area (Å²) in [7, 11) is 3.02. The van der Waals surface area contributed by atoms with Gasteiger partial charge in [-0.15, -0.1) is 0 Å². The lowest BCUT2D eigenvalue weighted by molar-refractivity contribution is -0.384. The van der Waals surface area contributed by atoms with E-state index in [0.29, 0.717) is 12.1 Å². The molecule has 0 saturated heterocycles. The Hall–Kier alpha value is -2.21. The Labute approximate surface area is 104 Å². The van der Waals surface area contributed by atoms with Crippen LogP contribution in [0.4, 0.5) is 5.69 Å². The Morgan fingerprint density at radius 2 is 2.22 bits per heavy atom. The summed E-state index contributed by atoms with van der Waals surface area (Å²) < 4.78 is 4.55. The first-order valence-corrected chi connectivity index (χ1v) is 5.27. The fourth-order valence-electron chi connectivity index (χ4n) is 1.38. The largest absolute Gasteiger partial charge is 0.465 e. The molecule has 6 nitrogen and oxygen atoms in total. The van der Waals surface area contributed by atoms with E-state index in [-0.39, 0.29) is 11.3 Å². The number of methoxy groups -OCH3 is 1. The molecule has 1 aromatic rings. The van der Waals surface area contributed by atoms with Crippen LogP contribution in [0.25, 0.3) is 6.08 Å². The molecule has 0 saturated carbocycles. The third-order valence-corrected chi connectivity index (χ3v) is 2.20. The fourth-order valence-corrected chi connectivity index (χ4v) is 1.38. The van der Waals surface area contributed by atoms with Crippen LogP contribution in [0, 0.1) is 10.1 Å². The van der Waals surface area contributed by atoms with Gasteiger partial charge in [0.1, 0.15) is 0 Å². The number of carbonyl (C=O) groups excluding carboxylic acids is 1. The first-order chi connectivity index (χ1) is 8.58. The number of rotatable bonds is 5. The van der Waals surface area contributed by atoms with Gasteiger partial charge in [0.15, 0.2) is 0 Å². The predicted octanol–water partition coefficient (Wildman–Crippen LogP) is 1.61. The number of hydrogen-bond acceptors (Lipinski definition) is 5. The van der Waals surface area contributed by atoms with Gasteiger partial charge in [-0.05, 0) is 18.7 Å². The normalized spacial score (nSPS) is 10.6. The minimum absolute atomic E-state index is 0.137. The Bertz CT molecular complexity index is 483. The quantitative estimate of drug-likeness (QED) is 0.488. The number of nitro groups is 1. The molecule has 0 spiro atoms. The van der Waals surface area contributed by atoms with Crippen molar-refractivity contribution in [3.05, 3.63) is 45.5 Å². The zero-order chi connectivity index (χ0) is 13.5. The standard InChI is InChI=1S/C12H14N2O4/c1-13-5-3-4-9-6-10(12(15)18-2)8-11(7-9)14(16)17/h3-4,6-8,13H,5H2,1-2H3. The van der Waals surface area contributed by atoms with Crippen molar-refractivity contribution in [2.75, 3.05) is 20.7 Å². The Kier molecular flexibility index (Phi) is 5.01. The van der Waals surface area contributed by atoms with Crippen molar-refractivity contribution in [3.63, 3.8) is 0 Å². The second kappa shape index (κ2) is 6.51. The van der Waals surface area contributed by atoms with Gasteiger partial charge in [-0.1, -0.05) is 12.2 Å². The Balaban J connectivity index is 3.13. The zero-order valence-corrected chi connectivity index (χ0v) is 10.2. The third-order valence-electron chi connectivity index (χ3n) is 2.20. The second-order valence-corrected chi connectivity index (χ2v) is 3.52. The van der Waals surface area contributed by atoms with E-state index in [1.165, 1.54) is 19.2 Å². The molecule has 18 heavy (non-hydrogen) atoms. The molecule has 0 amide bonds. The molecule has 1 rings (SSSR count). The van der Waals surface area contributed by atoms with E-state index in [1.807, 2.05) is 0 Å².